The summed E-state index contributed by atoms with van der Waals surface area (Å²) in [7, 11) is 0. The van der Waals surface area contributed by atoms with Crippen molar-refractivity contribution in [2.45, 2.75) is 52.4 Å². The van der Waals surface area contributed by atoms with E-state index in [-0.39, 0.29) is 35.8 Å². The molecule has 0 radical (unpaired) electrons. The molecule has 0 bridgehead atoms. The van der Waals surface area contributed by atoms with Crippen LogP contribution < -0.4 is 16.8 Å². The number of aliphatic imine (C=N–C) groups is 1. The van der Waals surface area contributed by atoms with Gasteiger partial charge in [-0.1, -0.05) is 32.0 Å². The molecule has 0 spiro atoms. The van der Waals surface area contributed by atoms with Crippen LogP contribution in [0.5, 0.6) is 0 Å². The van der Waals surface area contributed by atoms with Gasteiger partial charge in [0.25, 0.3) is 0 Å². The zero-order valence-corrected chi connectivity index (χ0v) is 19.6. The number of anilines is 1. The summed E-state index contributed by atoms with van der Waals surface area (Å²) in [6.07, 6.45) is 5.81. The third-order valence-corrected chi connectivity index (χ3v) is 5.41. The minimum Gasteiger partial charge on any atom is -0.370 e. The van der Waals surface area contributed by atoms with Crippen LogP contribution in [0, 0.1) is 5.92 Å². The number of rotatable bonds is 9. The lowest BCUT2D eigenvalue weighted by Crippen LogP contribution is -2.38. The van der Waals surface area contributed by atoms with Gasteiger partial charge in [0, 0.05) is 18.2 Å². The van der Waals surface area contributed by atoms with Crippen molar-refractivity contribution in [1.82, 2.24) is 4.90 Å². The lowest BCUT2D eigenvalue weighted by molar-refractivity contribution is -0.123. The van der Waals surface area contributed by atoms with Crippen molar-refractivity contribution in [1.29, 1.82) is 0 Å². The number of para-hydroxylation sites is 1. The molecule has 2 rings (SSSR count). The number of guanidine groups is 1. The molecule has 1 amide bonds. The molecule has 0 aliphatic carbocycles. The molecule has 1 aromatic carbocycles. The predicted octanol–water partition coefficient (Wildman–Crippen LogP) is 3.13. The van der Waals surface area contributed by atoms with Crippen LogP contribution in [-0.4, -0.2) is 42.9 Å². The zero-order chi connectivity index (χ0) is 19.6. The number of amides is 1. The Labute approximate surface area is 186 Å². The van der Waals surface area contributed by atoms with Crippen molar-refractivity contribution in [2.75, 3.05) is 31.5 Å². The van der Waals surface area contributed by atoms with Gasteiger partial charge in [-0.2, -0.15) is 0 Å². The molecule has 0 unspecified atom stereocenters. The number of hydrogen-bond acceptors (Lipinski definition) is 3. The number of nitrogens with one attached hydrogen (secondary N) is 1. The van der Waals surface area contributed by atoms with Crippen LogP contribution in [-0.2, 0) is 17.6 Å². The van der Waals surface area contributed by atoms with E-state index in [2.05, 4.69) is 47.3 Å². The van der Waals surface area contributed by atoms with Crippen molar-refractivity contribution in [3.8, 4) is 0 Å². The van der Waals surface area contributed by atoms with Gasteiger partial charge < -0.3 is 21.7 Å². The average molecular weight is 501 g/mol. The molecule has 1 saturated heterocycles. The molecule has 0 aromatic heterocycles. The van der Waals surface area contributed by atoms with Gasteiger partial charge in [-0.05, 0) is 69.3 Å². The smallest absolute Gasteiger partial charge is 0.220 e. The summed E-state index contributed by atoms with van der Waals surface area (Å²) in [5, 5.41) is 3.31. The molecule has 28 heavy (non-hydrogen) atoms. The second-order valence-electron chi connectivity index (χ2n) is 7.28. The molecule has 5 N–H and O–H groups in total. The fourth-order valence-electron chi connectivity index (χ4n) is 3.66. The first-order valence-electron chi connectivity index (χ1n) is 10.2. The predicted molar refractivity (Wildman–Crippen MR) is 128 cm³/mol. The first-order valence-corrected chi connectivity index (χ1v) is 10.2. The van der Waals surface area contributed by atoms with E-state index < -0.39 is 0 Å². The second-order valence-corrected chi connectivity index (χ2v) is 7.28. The van der Waals surface area contributed by atoms with Crippen LogP contribution in [0.1, 0.15) is 50.7 Å². The van der Waals surface area contributed by atoms with Crippen LogP contribution in [0.3, 0.4) is 0 Å². The first kappa shape index (κ1) is 24.7. The number of benzene rings is 1. The highest BCUT2D eigenvalue weighted by atomic mass is 127. The lowest BCUT2D eigenvalue weighted by atomic mass is 9.96. The molecule has 7 heteroatoms. The van der Waals surface area contributed by atoms with Crippen molar-refractivity contribution < 1.29 is 4.79 Å². The largest absolute Gasteiger partial charge is 0.370 e. The summed E-state index contributed by atoms with van der Waals surface area (Å²) < 4.78 is 0. The molecular formula is C21H36IN5O. The molecular weight excluding hydrogens is 465 g/mol. The number of unbranched alkanes of at least 4 members (excludes halogenated alkanes) is 1. The Balaban J connectivity index is 0.00000392. The minimum absolute atomic E-state index is 0. The number of nitrogens with zero attached hydrogens (tertiary/aromatic N) is 2. The number of hydrogen-bond donors (Lipinski definition) is 3. The van der Waals surface area contributed by atoms with Crippen LogP contribution in [0.4, 0.5) is 5.69 Å². The number of carbonyl (C=O) groups excluding carboxylic acids is 1. The summed E-state index contributed by atoms with van der Waals surface area (Å²) >= 11 is 0. The number of carbonyl (C=O) groups is 1. The van der Waals surface area contributed by atoms with Gasteiger partial charge >= 0.3 is 0 Å². The highest BCUT2D eigenvalue weighted by Gasteiger charge is 2.22. The molecule has 0 atom stereocenters. The molecule has 1 aliphatic rings. The Morgan fingerprint density at radius 1 is 1.14 bits per heavy atom. The number of nitrogens with two attached hydrogens (primary N) is 2. The van der Waals surface area contributed by atoms with Crippen molar-refractivity contribution in [3.05, 3.63) is 29.3 Å². The van der Waals surface area contributed by atoms with Gasteiger partial charge in [-0.3, -0.25) is 9.79 Å². The fourth-order valence-corrected chi connectivity index (χ4v) is 3.66. The number of halogens is 1. The normalized spacial score (nSPS) is 15.9. The number of likely N-dealkylation sites (tertiary alicyclic amines) is 1. The van der Waals surface area contributed by atoms with E-state index in [0.29, 0.717) is 5.96 Å². The highest BCUT2D eigenvalue weighted by molar-refractivity contribution is 14.0. The summed E-state index contributed by atoms with van der Waals surface area (Å²) in [5.41, 5.74) is 15.1. The molecule has 1 aromatic rings. The van der Waals surface area contributed by atoms with E-state index in [4.69, 9.17) is 11.5 Å². The summed E-state index contributed by atoms with van der Waals surface area (Å²) in [6, 6.07) is 6.37. The fraction of sp³-hybridized carbons (Fsp3) is 0.619. The maximum absolute atomic E-state index is 11.2. The van der Waals surface area contributed by atoms with Crippen molar-refractivity contribution in [2.24, 2.45) is 22.4 Å². The van der Waals surface area contributed by atoms with Crippen LogP contribution in [0.15, 0.2) is 23.2 Å². The van der Waals surface area contributed by atoms with Crippen molar-refractivity contribution in [3.63, 3.8) is 0 Å². The van der Waals surface area contributed by atoms with E-state index >= 15 is 0 Å². The van der Waals surface area contributed by atoms with Gasteiger partial charge in [0.05, 0.1) is 0 Å². The van der Waals surface area contributed by atoms with Gasteiger partial charge in [0.15, 0.2) is 5.96 Å². The number of piperidine rings is 1. The van der Waals surface area contributed by atoms with Gasteiger partial charge in [-0.25, -0.2) is 0 Å². The molecule has 1 aliphatic heterocycles. The van der Waals surface area contributed by atoms with Gasteiger partial charge in [-0.15, -0.1) is 24.0 Å². The van der Waals surface area contributed by atoms with Crippen molar-refractivity contribution >= 4 is 41.5 Å². The third kappa shape index (κ3) is 7.58. The minimum atomic E-state index is -0.150. The monoisotopic (exact) mass is 501 g/mol. The van der Waals surface area contributed by atoms with E-state index in [0.717, 1.165) is 70.4 Å². The Kier molecular flexibility index (Phi) is 11.4. The summed E-state index contributed by atoms with van der Waals surface area (Å²) in [5.74, 6) is 0.409. The molecule has 6 nitrogen and oxygen atoms in total. The van der Waals surface area contributed by atoms with E-state index in [1.54, 1.807) is 0 Å². The maximum atomic E-state index is 11.2. The summed E-state index contributed by atoms with van der Waals surface area (Å²) in [6.45, 7) is 8.01. The number of aryl methyl sites for hydroxylation is 2. The summed E-state index contributed by atoms with van der Waals surface area (Å²) in [4.78, 5) is 18.1. The third-order valence-electron chi connectivity index (χ3n) is 5.41. The molecule has 1 fully saturated rings. The van der Waals surface area contributed by atoms with Crippen LogP contribution >= 0.6 is 24.0 Å². The Bertz CT molecular complexity index is 619. The van der Waals surface area contributed by atoms with Gasteiger partial charge in [0.1, 0.15) is 0 Å². The molecule has 0 saturated carbocycles. The Morgan fingerprint density at radius 2 is 1.75 bits per heavy atom. The average Bonchev–Trinajstić information content (AvgIpc) is 2.68. The standard InChI is InChI=1S/C21H35N5O.HI/c1-3-16-8-7-9-17(4-2)19(16)25-21(23)24-12-5-6-13-26-14-10-18(11-15-26)20(22)27;/h7-9,18H,3-6,10-15H2,1-2H3,(H2,22,27)(H3,23,24,25);1H. The van der Waals surface area contributed by atoms with E-state index in [1.165, 1.54) is 11.1 Å². The second kappa shape index (κ2) is 13.0. The lowest BCUT2D eigenvalue weighted by Gasteiger charge is -2.30. The highest BCUT2D eigenvalue weighted by Crippen LogP contribution is 2.22. The zero-order valence-electron chi connectivity index (χ0n) is 17.2. The topological polar surface area (TPSA) is 96.7 Å². The Morgan fingerprint density at radius 3 is 2.29 bits per heavy atom. The van der Waals surface area contributed by atoms with E-state index in [1.807, 2.05) is 0 Å². The van der Waals surface area contributed by atoms with Crippen LogP contribution in [0.2, 0.25) is 0 Å². The van der Waals surface area contributed by atoms with Crippen LogP contribution in [0.25, 0.3) is 0 Å². The molecule has 158 valence electrons. The Hall–Kier alpha value is -1.35. The van der Waals surface area contributed by atoms with Gasteiger partial charge in [0.2, 0.25) is 5.91 Å². The maximum Gasteiger partial charge on any atom is 0.220 e. The number of primary amides is 1. The quantitative estimate of drug-likeness (QED) is 0.210. The first-order chi connectivity index (χ1) is 13.0. The van der Waals surface area contributed by atoms with E-state index in [9.17, 15) is 4.79 Å². The SMILES string of the molecule is CCc1cccc(CC)c1NC(N)=NCCCCN1CCC(C(N)=O)CC1.I. The molecule has 1 heterocycles.